The second kappa shape index (κ2) is 5.06. The highest BCUT2D eigenvalue weighted by molar-refractivity contribution is 6.34. The first kappa shape index (κ1) is 13.6. The van der Waals surface area contributed by atoms with Gasteiger partial charge in [0.15, 0.2) is 0 Å². The van der Waals surface area contributed by atoms with Crippen LogP contribution in [0.3, 0.4) is 0 Å². The molecule has 1 aromatic rings. The Bertz CT molecular complexity index is 482. The molecule has 98 valence electrons. The summed E-state index contributed by atoms with van der Waals surface area (Å²) in [5, 5.41) is 9.59. The van der Waals surface area contributed by atoms with E-state index in [1.807, 2.05) is 0 Å². The minimum Gasteiger partial charge on any atom is -0.481 e. The summed E-state index contributed by atoms with van der Waals surface area (Å²) in [7, 11) is 0. The summed E-state index contributed by atoms with van der Waals surface area (Å²) in [6, 6.07) is 2.46. The average Bonchev–Trinajstić information content (AvgIpc) is 2.34. The maximum Gasteiger partial charge on any atom is 0.314 e. The van der Waals surface area contributed by atoms with Gasteiger partial charge >= 0.3 is 5.97 Å². The van der Waals surface area contributed by atoms with Crippen LogP contribution in [0.4, 0.5) is 4.39 Å². The number of benzene rings is 1. The number of halogens is 3. The Morgan fingerprint density at radius 3 is 2.33 bits per heavy atom. The predicted octanol–water partition coefficient (Wildman–Crippen LogP) is 4.42. The zero-order valence-corrected chi connectivity index (χ0v) is 11.2. The summed E-state index contributed by atoms with van der Waals surface area (Å²) < 4.78 is 13.3. The molecule has 2 nitrogen and oxygen atoms in total. The first-order valence-corrected chi connectivity index (χ1v) is 6.61. The largest absolute Gasteiger partial charge is 0.481 e. The van der Waals surface area contributed by atoms with Gasteiger partial charge in [-0.1, -0.05) is 42.5 Å². The summed E-state index contributed by atoms with van der Waals surface area (Å²) >= 11 is 11.8. The van der Waals surface area contributed by atoms with E-state index in [0.29, 0.717) is 18.4 Å². The summed E-state index contributed by atoms with van der Waals surface area (Å²) in [6.45, 7) is 0. The Hall–Kier alpha value is -0.800. The van der Waals surface area contributed by atoms with Gasteiger partial charge in [-0.25, -0.2) is 4.39 Å². The van der Waals surface area contributed by atoms with Crippen LogP contribution in [0.1, 0.15) is 37.7 Å². The van der Waals surface area contributed by atoms with Gasteiger partial charge in [0.25, 0.3) is 0 Å². The van der Waals surface area contributed by atoms with Crippen molar-refractivity contribution in [3.63, 3.8) is 0 Å². The quantitative estimate of drug-likeness (QED) is 0.819. The highest BCUT2D eigenvalue weighted by atomic mass is 35.5. The van der Waals surface area contributed by atoms with Gasteiger partial charge in [0.05, 0.1) is 10.4 Å². The normalized spacial score (nSPS) is 18.6. The molecule has 0 unspecified atom stereocenters. The zero-order valence-electron chi connectivity index (χ0n) is 9.68. The minimum absolute atomic E-state index is 0.0828. The lowest BCUT2D eigenvalue weighted by Crippen LogP contribution is -2.38. The molecule has 1 saturated carbocycles. The summed E-state index contributed by atoms with van der Waals surface area (Å²) in [5.74, 6) is -1.53. The molecule has 1 aromatic carbocycles. The SMILES string of the molecule is O=C(O)C1(c2cc(Cl)c(F)cc2Cl)CCCCC1. The molecule has 1 aliphatic rings. The van der Waals surface area contributed by atoms with Gasteiger partial charge in [0, 0.05) is 5.02 Å². The highest BCUT2D eigenvalue weighted by Crippen LogP contribution is 2.43. The van der Waals surface area contributed by atoms with Crippen LogP contribution >= 0.6 is 23.2 Å². The van der Waals surface area contributed by atoms with Crippen molar-refractivity contribution in [2.24, 2.45) is 0 Å². The van der Waals surface area contributed by atoms with E-state index in [-0.39, 0.29) is 10.0 Å². The van der Waals surface area contributed by atoms with Gasteiger partial charge in [-0.3, -0.25) is 4.79 Å². The maximum atomic E-state index is 13.3. The zero-order chi connectivity index (χ0) is 13.3. The third-order valence-electron chi connectivity index (χ3n) is 3.64. The van der Waals surface area contributed by atoms with E-state index in [0.717, 1.165) is 25.3 Å². The van der Waals surface area contributed by atoms with Crippen molar-refractivity contribution < 1.29 is 14.3 Å². The molecule has 2 rings (SSSR count). The van der Waals surface area contributed by atoms with Gasteiger partial charge in [-0.2, -0.15) is 0 Å². The average molecular weight is 291 g/mol. The van der Waals surface area contributed by atoms with Crippen molar-refractivity contribution in [3.05, 3.63) is 33.6 Å². The van der Waals surface area contributed by atoms with Gasteiger partial charge in [-0.05, 0) is 30.5 Å². The third kappa shape index (κ3) is 2.21. The summed E-state index contributed by atoms with van der Waals surface area (Å²) in [6.07, 6.45) is 3.71. The molecule has 1 N–H and O–H groups in total. The van der Waals surface area contributed by atoms with Crippen LogP contribution in [0.25, 0.3) is 0 Å². The molecule has 0 saturated heterocycles. The first-order valence-electron chi connectivity index (χ1n) is 5.86. The Labute approximate surface area is 115 Å². The number of rotatable bonds is 2. The topological polar surface area (TPSA) is 37.3 Å². The van der Waals surface area contributed by atoms with Crippen LogP contribution < -0.4 is 0 Å². The molecule has 1 fully saturated rings. The number of carboxylic acids is 1. The Morgan fingerprint density at radius 1 is 1.17 bits per heavy atom. The van der Waals surface area contributed by atoms with Crippen LogP contribution in [0.15, 0.2) is 12.1 Å². The van der Waals surface area contributed by atoms with E-state index in [1.54, 1.807) is 0 Å². The molecule has 0 atom stereocenters. The van der Waals surface area contributed by atoms with Gasteiger partial charge in [0.2, 0.25) is 0 Å². The fourth-order valence-electron chi connectivity index (χ4n) is 2.64. The molecule has 0 bridgehead atoms. The molecule has 0 spiro atoms. The van der Waals surface area contributed by atoms with Crippen molar-refractivity contribution in [1.29, 1.82) is 0 Å². The van der Waals surface area contributed by atoms with Crippen molar-refractivity contribution >= 4 is 29.2 Å². The van der Waals surface area contributed by atoms with Crippen LogP contribution in [0.2, 0.25) is 10.0 Å². The fraction of sp³-hybridized carbons (Fsp3) is 0.462. The number of hydrogen-bond donors (Lipinski definition) is 1. The fourth-order valence-corrected chi connectivity index (χ4v) is 3.14. The van der Waals surface area contributed by atoms with Crippen LogP contribution in [0, 0.1) is 5.82 Å². The Morgan fingerprint density at radius 2 is 1.78 bits per heavy atom. The predicted molar refractivity (Wildman–Crippen MR) is 68.8 cm³/mol. The van der Waals surface area contributed by atoms with Crippen molar-refractivity contribution in [3.8, 4) is 0 Å². The summed E-state index contributed by atoms with van der Waals surface area (Å²) in [5.41, 5.74) is -0.588. The van der Waals surface area contributed by atoms with E-state index >= 15 is 0 Å². The number of hydrogen-bond acceptors (Lipinski definition) is 1. The van der Waals surface area contributed by atoms with E-state index in [4.69, 9.17) is 23.2 Å². The van der Waals surface area contributed by atoms with Crippen LogP contribution in [0.5, 0.6) is 0 Å². The molecule has 0 aromatic heterocycles. The lowest BCUT2D eigenvalue weighted by molar-refractivity contribution is -0.145. The molecular formula is C13H13Cl2FO2. The molecule has 18 heavy (non-hydrogen) atoms. The van der Waals surface area contributed by atoms with Gasteiger partial charge < -0.3 is 5.11 Å². The monoisotopic (exact) mass is 290 g/mol. The van der Waals surface area contributed by atoms with Crippen molar-refractivity contribution in [2.75, 3.05) is 0 Å². The van der Waals surface area contributed by atoms with E-state index in [2.05, 4.69) is 0 Å². The third-order valence-corrected chi connectivity index (χ3v) is 4.24. The van der Waals surface area contributed by atoms with Gasteiger partial charge in [-0.15, -0.1) is 0 Å². The highest BCUT2D eigenvalue weighted by Gasteiger charge is 2.43. The maximum absolute atomic E-state index is 13.3. The molecule has 0 radical (unpaired) electrons. The van der Waals surface area contributed by atoms with Crippen LogP contribution in [-0.4, -0.2) is 11.1 Å². The molecule has 0 aliphatic heterocycles. The van der Waals surface area contributed by atoms with E-state index in [1.165, 1.54) is 6.07 Å². The Balaban J connectivity index is 2.55. The first-order chi connectivity index (χ1) is 8.47. The van der Waals surface area contributed by atoms with E-state index in [9.17, 15) is 14.3 Å². The lowest BCUT2D eigenvalue weighted by atomic mass is 9.69. The van der Waals surface area contributed by atoms with E-state index < -0.39 is 17.2 Å². The number of carboxylic acid groups (broad SMARTS) is 1. The molecular weight excluding hydrogens is 278 g/mol. The summed E-state index contributed by atoms with van der Waals surface area (Å²) in [4.78, 5) is 11.6. The standard InChI is InChI=1S/C13H13Cl2FO2/c14-9-7-11(16)10(15)6-8(9)13(12(17)18)4-2-1-3-5-13/h6-7H,1-5H2,(H,17,18). The van der Waals surface area contributed by atoms with Crippen molar-refractivity contribution in [1.82, 2.24) is 0 Å². The minimum atomic E-state index is -1.02. The van der Waals surface area contributed by atoms with Crippen LogP contribution in [-0.2, 0) is 10.2 Å². The molecule has 0 heterocycles. The second-order valence-corrected chi connectivity index (χ2v) is 5.51. The molecule has 0 amide bonds. The van der Waals surface area contributed by atoms with Crippen molar-refractivity contribution in [2.45, 2.75) is 37.5 Å². The smallest absolute Gasteiger partial charge is 0.314 e. The lowest BCUT2D eigenvalue weighted by Gasteiger charge is -2.34. The molecule has 5 heteroatoms. The van der Waals surface area contributed by atoms with Gasteiger partial charge in [0.1, 0.15) is 5.82 Å². The second-order valence-electron chi connectivity index (χ2n) is 4.69. The number of carbonyl (C=O) groups is 1. The Kier molecular flexibility index (Phi) is 3.83. The number of aliphatic carboxylic acids is 1. The molecule has 1 aliphatic carbocycles.